The van der Waals surface area contributed by atoms with Crippen LogP contribution in [0, 0.1) is 0 Å². The molecule has 1 fully saturated rings. The normalized spacial score (nSPS) is 15.6. The monoisotopic (exact) mass is 396 g/mol. The first kappa shape index (κ1) is 20.7. The summed E-state index contributed by atoms with van der Waals surface area (Å²) in [6.45, 7) is 3.58. The smallest absolute Gasteiger partial charge is 0.405 e. The van der Waals surface area contributed by atoms with Crippen LogP contribution >= 0.6 is 0 Å². The van der Waals surface area contributed by atoms with E-state index >= 15 is 0 Å². The summed E-state index contributed by atoms with van der Waals surface area (Å²) in [6.07, 6.45) is -1.54. The van der Waals surface area contributed by atoms with Crippen molar-refractivity contribution in [1.82, 2.24) is 9.80 Å². The van der Waals surface area contributed by atoms with Gasteiger partial charge in [0.05, 0.1) is 0 Å². The van der Waals surface area contributed by atoms with Crippen molar-refractivity contribution in [1.29, 1.82) is 0 Å². The molecule has 0 aliphatic carbocycles. The van der Waals surface area contributed by atoms with Gasteiger partial charge in [-0.25, -0.2) is 4.79 Å². The number of nitrogens with one attached hydrogen (secondary N) is 1. The van der Waals surface area contributed by atoms with Gasteiger partial charge in [-0.1, -0.05) is 42.5 Å². The molecule has 1 aliphatic heterocycles. The first-order valence-corrected chi connectivity index (χ1v) is 9.81. The zero-order chi connectivity index (χ0) is 20.6. The topological polar surface area (TPSA) is 87.9 Å². The van der Waals surface area contributed by atoms with E-state index in [9.17, 15) is 9.59 Å². The van der Waals surface area contributed by atoms with Crippen LogP contribution in [0.3, 0.4) is 0 Å². The Hall–Kier alpha value is -3.06. The van der Waals surface area contributed by atoms with Crippen molar-refractivity contribution < 1.29 is 14.3 Å². The summed E-state index contributed by atoms with van der Waals surface area (Å²) in [5.74, 6) is -0.192. The van der Waals surface area contributed by atoms with Gasteiger partial charge in [-0.15, -0.1) is 0 Å². The molecule has 0 aromatic heterocycles. The fraction of sp³-hybridized carbons (Fsp3) is 0.364. The second-order valence-electron chi connectivity index (χ2n) is 7.29. The molecule has 1 atom stereocenters. The molecule has 7 nitrogen and oxygen atoms in total. The molecule has 0 saturated carbocycles. The molecule has 2 aromatic carbocycles. The van der Waals surface area contributed by atoms with E-state index in [1.807, 2.05) is 49.5 Å². The summed E-state index contributed by atoms with van der Waals surface area (Å²) in [7, 11) is 2.02. The summed E-state index contributed by atoms with van der Waals surface area (Å²) in [6, 6.07) is 17.9. The number of primary amides is 1. The first-order valence-electron chi connectivity index (χ1n) is 9.81. The third-order valence-electron chi connectivity index (χ3n) is 5.06. The van der Waals surface area contributed by atoms with Crippen LogP contribution in [0.25, 0.3) is 0 Å². The first-order chi connectivity index (χ1) is 14.0. The lowest BCUT2D eigenvalue weighted by Gasteiger charge is -2.34. The zero-order valence-corrected chi connectivity index (χ0v) is 16.7. The van der Waals surface area contributed by atoms with Crippen molar-refractivity contribution in [3.8, 4) is 0 Å². The highest BCUT2D eigenvalue weighted by atomic mass is 16.6. The molecular weight excluding hydrogens is 368 g/mol. The Bertz CT molecular complexity index is 803. The number of carbonyl (C=O) groups is 2. The number of amides is 2. The van der Waals surface area contributed by atoms with Crippen LogP contribution in [-0.2, 0) is 22.5 Å². The maximum Gasteiger partial charge on any atom is 0.405 e. The summed E-state index contributed by atoms with van der Waals surface area (Å²) < 4.78 is 5.15. The number of anilines is 1. The Kier molecular flexibility index (Phi) is 7.08. The molecular formula is C22H28N4O3. The van der Waals surface area contributed by atoms with E-state index in [4.69, 9.17) is 10.5 Å². The lowest BCUT2D eigenvalue weighted by atomic mass is 10.1. The van der Waals surface area contributed by atoms with E-state index in [-0.39, 0.29) is 5.91 Å². The summed E-state index contributed by atoms with van der Waals surface area (Å²) in [4.78, 5) is 28.1. The molecule has 29 heavy (non-hydrogen) atoms. The molecule has 154 valence electrons. The van der Waals surface area contributed by atoms with Crippen molar-refractivity contribution in [2.75, 3.05) is 38.5 Å². The number of hydrogen-bond acceptors (Lipinski definition) is 5. The van der Waals surface area contributed by atoms with Crippen molar-refractivity contribution in [2.45, 2.75) is 19.1 Å². The highest BCUT2D eigenvalue weighted by Crippen LogP contribution is 2.15. The molecule has 0 spiro atoms. The number of rotatable bonds is 7. The molecule has 1 saturated heterocycles. The van der Waals surface area contributed by atoms with E-state index in [0.29, 0.717) is 19.5 Å². The number of carbonyl (C=O) groups excluding carboxylic acids is 2. The Morgan fingerprint density at radius 2 is 1.66 bits per heavy atom. The van der Waals surface area contributed by atoms with E-state index in [2.05, 4.69) is 22.3 Å². The van der Waals surface area contributed by atoms with Crippen LogP contribution in [0.15, 0.2) is 54.6 Å². The minimum absolute atomic E-state index is 0.192. The predicted molar refractivity (Wildman–Crippen MR) is 112 cm³/mol. The Labute approximate surface area is 171 Å². The number of nitrogens with two attached hydrogens (primary N) is 1. The fourth-order valence-electron chi connectivity index (χ4n) is 3.32. The second kappa shape index (κ2) is 9.93. The fourth-order valence-corrected chi connectivity index (χ4v) is 3.32. The Morgan fingerprint density at radius 1 is 1.00 bits per heavy atom. The molecule has 1 heterocycles. The highest BCUT2D eigenvalue weighted by molar-refractivity contribution is 5.83. The predicted octanol–water partition coefficient (Wildman–Crippen LogP) is 2.08. The highest BCUT2D eigenvalue weighted by Gasteiger charge is 2.29. The lowest BCUT2D eigenvalue weighted by Crippen LogP contribution is -2.51. The number of benzene rings is 2. The van der Waals surface area contributed by atoms with E-state index < -0.39 is 12.2 Å². The average Bonchev–Trinajstić information content (AvgIpc) is 2.73. The van der Waals surface area contributed by atoms with Crippen molar-refractivity contribution in [3.63, 3.8) is 0 Å². The maximum atomic E-state index is 12.8. The number of ether oxygens (including phenoxy) is 1. The molecule has 0 unspecified atom stereocenters. The summed E-state index contributed by atoms with van der Waals surface area (Å²) in [5, 5.41) is 3.37. The molecule has 3 N–H and O–H groups in total. The van der Waals surface area contributed by atoms with E-state index in [1.165, 1.54) is 5.56 Å². The Balaban J connectivity index is 1.60. The number of hydrogen-bond donors (Lipinski definition) is 2. The third kappa shape index (κ3) is 6.22. The van der Waals surface area contributed by atoms with Crippen LogP contribution in [0.5, 0.6) is 0 Å². The van der Waals surface area contributed by atoms with Gasteiger partial charge in [0.2, 0.25) is 0 Å². The molecule has 1 aliphatic rings. The third-order valence-corrected chi connectivity index (χ3v) is 5.06. The second-order valence-corrected chi connectivity index (χ2v) is 7.29. The van der Waals surface area contributed by atoms with Gasteiger partial charge in [-0.05, 0) is 30.3 Å². The molecule has 2 aromatic rings. The van der Waals surface area contributed by atoms with Crippen LogP contribution in [0.2, 0.25) is 0 Å². The van der Waals surface area contributed by atoms with Crippen LogP contribution in [-0.4, -0.2) is 61.1 Å². The summed E-state index contributed by atoms with van der Waals surface area (Å²) in [5.41, 5.74) is 8.29. The van der Waals surface area contributed by atoms with Crippen molar-refractivity contribution in [3.05, 3.63) is 65.7 Å². The Morgan fingerprint density at radius 3 is 2.28 bits per heavy atom. The zero-order valence-electron chi connectivity index (χ0n) is 16.7. The van der Waals surface area contributed by atoms with E-state index in [0.717, 1.165) is 30.9 Å². The molecule has 2 amide bonds. The van der Waals surface area contributed by atoms with Gasteiger partial charge in [-0.2, -0.15) is 0 Å². The minimum atomic E-state index is -0.932. The van der Waals surface area contributed by atoms with Gasteiger partial charge >= 0.3 is 6.09 Å². The standard InChI is InChI=1S/C22H28N4O3/c1-25-11-13-26(14-12-25)21(27)20(29-22(23)28)15-17-7-9-19(10-8-17)24-16-18-5-3-2-4-6-18/h2-10,20,24H,11-16H2,1H3,(H2,23,28)/t20-/m1/s1. The van der Waals surface area contributed by atoms with Crippen molar-refractivity contribution in [2.24, 2.45) is 5.73 Å². The average molecular weight is 396 g/mol. The summed E-state index contributed by atoms with van der Waals surface area (Å²) >= 11 is 0. The number of piperazine rings is 1. The van der Waals surface area contributed by atoms with Crippen molar-refractivity contribution >= 4 is 17.7 Å². The van der Waals surface area contributed by atoms with Gasteiger partial charge in [-0.3, -0.25) is 4.79 Å². The maximum absolute atomic E-state index is 12.8. The van der Waals surface area contributed by atoms with Gasteiger partial charge in [0, 0.05) is 44.8 Å². The molecule has 0 radical (unpaired) electrons. The molecule has 0 bridgehead atoms. The van der Waals surface area contributed by atoms with Gasteiger partial charge in [0.1, 0.15) is 0 Å². The van der Waals surface area contributed by atoms with Crippen LogP contribution < -0.4 is 11.1 Å². The largest absolute Gasteiger partial charge is 0.436 e. The van der Waals surface area contributed by atoms with Gasteiger partial charge in [0.25, 0.3) is 5.91 Å². The number of likely N-dealkylation sites (N-methyl/N-ethyl adjacent to an activating group) is 1. The number of nitrogens with zero attached hydrogens (tertiary/aromatic N) is 2. The quantitative estimate of drug-likeness (QED) is 0.748. The van der Waals surface area contributed by atoms with Crippen LogP contribution in [0.4, 0.5) is 10.5 Å². The van der Waals surface area contributed by atoms with Gasteiger partial charge in [0.15, 0.2) is 6.10 Å². The van der Waals surface area contributed by atoms with E-state index in [1.54, 1.807) is 4.90 Å². The molecule has 7 heteroatoms. The van der Waals surface area contributed by atoms with Crippen LogP contribution in [0.1, 0.15) is 11.1 Å². The lowest BCUT2D eigenvalue weighted by molar-refractivity contribution is -0.141. The minimum Gasteiger partial charge on any atom is -0.436 e. The SMILES string of the molecule is CN1CCN(C(=O)[C@@H](Cc2ccc(NCc3ccccc3)cc2)OC(N)=O)CC1. The molecule has 3 rings (SSSR count). The van der Waals surface area contributed by atoms with Gasteiger partial charge < -0.3 is 25.6 Å².